The molecule has 0 N–H and O–H groups in total. The van der Waals surface area contributed by atoms with Crippen molar-refractivity contribution in [3.63, 3.8) is 0 Å². The lowest BCUT2D eigenvalue weighted by molar-refractivity contribution is 0.369. The second kappa shape index (κ2) is 31.1. The summed E-state index contributed by atoms with van der Waals surface area (Å²) < 4.78 is 0. The Bertz CT molecular complexity index is 2180. The molecule has 0 amide bonds. The van der Waals surface area contributed by atoms with Crippen LogP contribution in [0.25, 0.3) is 0 Å². The van der Waals surface area contributed by atoms with Crippen molar-refractivity contribution in [2.45, 2.75) is 174 Å². The molecule has 356 valence electrons. The van der Waals surface area contributed by atoms with Gasteiger partial charge in [-0.15, -0.1) is 0 Å². The standard InChI is InChI=1S/C66H92/c1-16-17-18-19-46-62(64-61(11)45-29-50-66(64,14)15)51-59(9)43-27-41-57(7)39-25-37-55(5)35-23-33-53(3)31-21-20-30-52(2)32-22-34-54(4)36-24-38-56(6)40-26-42-58(8)47-48-63-60(10)44-28-49-65(63,12)13/h20-27,30-43,47-48,51H,16-19,28-29,44-46,49-50H2,1-15H3/b21-20+,32-22+,33-23+,36-24+,37-25+,40-26+,41-27+,48-47+,52-30+,53-31+,54-34+,55-35+,56-38+,57-39+,58-42+,59-43+,62-51+. The Morgan fingerprint density at radius 1 is 0.424 bits per heavy atom. The number of allylic oxidation sites excluding steroid dienone is 38. The third-order valence-electron chi connectivity index (χ3n) is 12.7. The Hall–Kier alpha value is -4.94. The van der Waals surface area contributed by atoms with Crippen LogP contribution in [-0.2, 0) is 0 Å². The quantitative estimate of drug-likeness (QED) is 0.0708. The second-order valence-corrected chi connectivity index (χ2v) is 20.5. The molecule has 0 spiro atoms. The molecule has 0 radical (unpaired) electrons. The lowest BCUT2D eigenvalue weighted by Crippen LogP contribution is -2.22. The van der Waals surface area contributed by atoms with Gasteiger partial charge in [0.25, 0.3) is 0 Å². The molecular weight excluding hydrogens is 793 g/mol. The molecule has 2 aliphatic carbocycles. The lowest BCUT2D eigenvalue weighted by Gasteiger charge is -2.36. The predicted molar refractivity (Wildman–Crippen MR) is 301 cm³/mol. The summed E-state index contributed by atoms with van der Waals surface area (Å²) in [6, 6.07) is 0. The van der Waals surface area contributed by atoms with E-state index >= 15 is 0 Å². The average molecular weight is 885 g/mol. The zero-order chi connectivity index (χ0) is 49.0. The van der Waals surface area contributed by atoms with Crippen molar-refractivity contribution in [1.29, 1.82) is 0 Å². The molecule has 0 aliphatic heterocycles. The number of hydrogen-bond donors (Lipinski definition) is 0. The van der Waals surface area contributed by atoms with Gasteiger partial charge in [-0.05, 0) is 148 Å². The van der Waals surface area contributed by atoms with Crippen molar-refractivity contribution < 1.29 is 0 Å². The summed E-state index contributed by atoms with van der Waals surface area (Å²) in [7, 11) is 0. The fourth-order valence-corrected chi connectivity index (χ4v) is 8.81. The highest BCUT2D eigenvalue weighted by atomic mass is 14.3. The van der Waals surface area contributed by atoms with E-state index in [4.69, 9.17) is 0 Å². The molecule has 0 nitrogen and oxygen atoms in total. The number of unbranched alkanes of at least 4 members (excludes halogenated alkanes) is 3. The van der Waals surface area contributed by atoms with Gasteiger partial charge in [-0.25, -0.2) is 0 Å². The largest absolute Gasteiger partial charge is 0.0696 e. The smallest absolute Gasteiger partial charge is 0.0101 e. The molecular formula is C66H92. The van der Waals surface area contributed by atoms with Crippen LogP contribution in [0.15, 0.2) is 224 Å². The monoisotopic (exact) mass is 885 g/mol. The highest BCUT2D eigenvalue weighted by molar-refractivity contribution is 5.45. The minimum absolute atomic E-state index is 0.264. The summed E-state index contributed by atoms with van der Waals surface area (Å²) in [5.41, 5.74) is 18.3. The van der Waals surface area contributed by atoms with Crippen LogP contribution >= 0.6 is 0 Å². The molecule has 0 bridgehead atoms. The Morgan fingerprint density at radius 3 is 1.18 bits per heavy atom. The van der Waals surface area contributed by atoms with Crippen molar-refractivity contribution in [3.05, 3.63) is 224 Å². The van der Waals surface area contributed by atoms with E-state index in [0.29, 0.717) is 0 Å². The Labute approximate surface area is 407 Å². The van der Waals surface area contributed by atoms with Gasteiger partial charge in [-0.1, -0.05) is 262 Å². The van der Waals surface area contributed by atoms with Crippen molar-refractivity contribution in [3.8, 4) is 0 Å². The first-order valence-corrected chi connectivity index (χ1v) is 25.3. The van der Waals surface area contributed by atoms with Gasteiger partial charge in [0.1, 0.15) is 0 Å². The van der Waals surface area contributed by atoms with Gasteiger partial charge in [-0.2, -0.15) is 0 Å². The van der Waals surface area contributed by atoms with Crippen LogP contribution in [0.2, 0.25) is 0 Å². The van der Waals surface area contributed by atoms with E-state index < -0.39 is 0 Å². The van der Waals surface area contributed by atoms with Crippen LogP contribution in [0.3, 0.4) is 0 Å². The maximum absolute atomic E-state index is 2.48. The van der Waals surface area contributed by atoms with Gasteiger partial charge in [-0.3, -0.25) is 0 Å². The highest BCUT2D eigenvalue weighted by Gasteiger charge is 2.30. The third-order valence-corrected chi connectivity index (χ3v) is 12.7. The normalized spacial score (nSPS) is 19.8. The molecule has 0 unspecified atom stereocenters. The summed E-state index contributed by atoms with van der Waals surface area (Å²) in [4.78, 5) is 0. The van der Waals surface area contributed by atoms with Crippen LogP contribution in [0.1, 0.15) is 174 Å². The van der Waals surface area contributed by atoms with E-state index in [1.54, 1.807) is 22.3 Å². The first-order chi connectivity index (χ1) is 31.3. The molecule has 0 aromatic rings. The third kappa shape index (κ3) is 24.0. The molecule has 0 heterocycles. The maximum atomic E-state index is 2.48. The van der Waals surface area contributed by atoms with Gasteiger partial charge >= 0.3 is 0 Å². The molecule has 0 aromatic heterocycles. The Morgan fingerprint density at radius 2 is 0.788 bits per heavy atom. The summed E-state index contributed by atoms with van der Waals surface area (Å²) in [5.74, 6) is 0. The molecule has 2 aliphatic rings. The molecule has 2 rings (SSSR count). The van der Waals surface area contributed by atoms with E-state index in [9.17, 15) is 0 Å². The van der Waals surface area contributed by atoms with Crippen molar-refractivity contribution >= 4 is 0 Å². The minimum atomic E-state index is 0.264. The van der Waals surface area contributed by atoms with Crippen LogP contribution in [0.5, 0.6) is 0 Å². The molecule has 66 heavy (non-hydrogen) atoms. The SMILES string of the molecule is CCCCCC\C(=C/C(C)=C/C=C/C(C)=C/C=C/C(C)=C/C=C/C(C)=C/C=C/C=C(C)/C=C/C=C(C)/C=C/C=C(C)/C=C/C=C(C)/C=C/C1=C(C)CCCC1(C)C)C1=C(C)CCCC1(C)C. The first kappa shape index (κ1) is 57.2. The fraction of sp³-hybridized carbons (Fsp3) is 0.424. The van der Waals surface area contributed by atoms with Gasteiger partial charge in [0.05, 0.1) is 0 Å². The Kier molecular flexibility index (Phi) is 27.0. The van der Waals surface area contributed by atoms with E-state index in [2.05, 4.69) is 256 Å². The second-order valence-electron chi connectivity index (χ2n) is 20.5. The number of hydrogen-bond acceptors (Lipinski definition) is 0. The van der Waals surface area contributed by atoms with Gasteiger partial charge in [0.2, 0.25) is 0 Å². The fourth-order valence-electron chi connectivity index (χ4n) is 8.81. The molecule has 0 atom stereocenters. The minimum Gasteiger partial charge on any atom is -0.0696 e. The first-order valence-electron chi connectivity index (χ1n) is 25.3. The summed E-state index contributed by atoms with van der Waals surface area (Å²) in [5, 5.41) is 0. The summed E-state index contributed by atoms with van der Waals surface area (Å²) in [6.45, 7) is 33.9. The van der Waals surface area contributed by atoms with Crippen molar-refractivity contribution in [2.24, 2.45) is 10.8 Å². The molecule has 0 aromatic carbocycles. The van der Waals surface area contributed by atoms with Crippen LogP contribution in [0, 0.1) is 10.8 Å². The summed E-state index contributed by atoms with van der Waals surface area (Å²) >= 11 is 0. The van der Waals surface area contributed by atoms with Gasteiger partial charge in [0.15, 0.2) is 0 Å². The Balaban J connectivity index is 1.87. The number of rotatable bonds is 23. The van der Waals surface area contributed by atoms with Crippen LogP contribution < -0.4 is 0 Å². The van der Waals surface area contributed by atoms with Crippen LogP contribution in [0.4, 0.5) is 0 Å². The summed E-state index contributed by atoms with van der Waals surface area (Å²) in [6.07, 6.45) is 68.5. The molecule has 0 fully saturated rings. The van der Waals surface area contributed by atoms with Crippen molar-refractivity contribution in [2.75, 3.05) is 0 Å². The van der Waals surface area contributed by atoms with E-state index in [0.717, 1.165) is 0 Å². The van der Waals surface area contributed by atoms with Crippen molar-refractivity contribution in [1.82, 2.24) is 0 Å². The van der Waals surface area contributed by atoms with E-state index in [1.807, 2.05) is 0 Å². The average Bonchev–Trinajstić information content (AvgIpc) is 3.23. The molecule has 0 saturated heterocycles. The predicted octanol–water partition coefficient (Wildman–Crippen LogP) is 21.0. The topological polar surface area (TPSA) is 0 Å². The lowest BCUT2D eigenvalue weighted by atomic mass is 9.69. The highest BCUT2D eigenvalue weighted by Crippen LogP contribution is 2.45. The molecule has 0 heteroatoms. The van der Waals surface area contributed by atoms with Gasteiger partial charge < -0.3 is 0 Å². The van der Waals surface area contributed by atoms with E-state index in [1.165, 1.54) is 121 Å². The zero-order valence-electron chi connectivity index (χ0n) is 44.7. The van der Waals surface area contributed by atoms with Crippen LogP contribution in [-0.4, -0.2) is 0 Å². The maximum Gasteiger partial charge on any atom is -0.0101 e. The molecule has 0 saturated carbocycles. The van der Waals surface area contributed by atoms with Gasteiger partial charge in [0, 0.05) is 0 Å². The zero-order valence-corrected chi connectivity index (χ0v) is 44.7. The van der Waals surface area contributed by atoms with E-state index in [-0.39, 0.29) is 10.8 Å².